The van der Waals surface area contributed by atoms with Crippen molar-refractivity contribution in [2.45, 2.75) is 64.1 Å². The van der Waals surface area contributed by atoms with E-state index in [1.54, 1.807) is 7.11 Å². The monoisotopic (exact) mass is 254 g/mol. The van der Waals surface area contributed by atoms with Gasteiger partial charge in [-0.25, -0.2) is 0 Å². The van der Waals surface area contributed by atoms with Crippen LogP contribution >= 0.6 is 0 Å². The molecule has 1 heterocycles. The molecule has 2 rings (SSSR count). The summed E-state index contributed by atoms with van der Waals surface area (Å²) in [7, 11) is 1.75. The molecular weight excluding hydrogens is 228 g/mol. The van der Waals surface area contributed by atoms with E-state index in [1.807, 2.05) is 0 Å². The molecule has 4 nitrogen and oxygen atoms in total. The van der Waals surface area contributed by atoms with Crippen molar-refractivity contribution in [3.63, 3.8) is 0 Å². The minimum Gasteiger partial charge on any atom is -0.378 e. The molecule has 0 unspecified atom stereocenters. The zero-order valence-electron chi connectivity index (χ0n) is 12.0. The summed E-state index contributed by atoms with van der Waals surface area (Å²) in [6.07, 6.45) is 4.19. The van der Waals surface area contributed by atoms with Crippen LogP contribution < -0.4 is 10.6 Å². The van der Waals surface area contributed by atoms with Crippen molar-refractivity contribution in [3.05, 3.63) is 0 Å². The largest absolute Gasteiger partial charge is 0.378 e. The Balaban J connectivity index is 1.89. The summed E-state index contributed by atoms with van der Waals surface area (Å²) in [5.41, 5.74) is -0.128. The number of amides is 1. The summed E-state index contributed by atoms with van der Waals surface area (Å²) in [5.74, 6) is 0.158. The summed E-state index contributed by atoms with van der Waals surface area (Å²) >= 11 is 0. The van der Waals surface area contributed by atoms with Gasteiger partial charge in [0.1, 0.15) is 0 Å². The lowest BCUT2D eigenvalue weighted by Crippen LogP contribution is -2.69. The number of hydrogen-bond donors (Lipinski definition) is 2. The fourth-order valence-corrected chi connectivity index (χ4v) is 3.07. The van der Waals surface area contributed by atoms with Crippen LogP contribution in [0.3, 0.4) is 0 Å². The van der Waals surface area contributed by atoms with Gasteiger partial charge in [-0.15, -0.1) is 0 Å². The normalized spacial score (nSPS) is 38.9. The Bertz CT molecular complexity index is 324. The Kier molecular flexibility index (Phi) is 3.70. The molecular formula is C14H26N2O2. The van der Waals surface area contributed by atoms with Crippen LogP contribution in [0.5, 0.6) is 0 Å². The maximum absolute atomic E-state index is 12.2. The van der Waals surface area contributed by atoms with E-state index < -0.39 is 0 Å². The van der Waals surface area contributed by atoms with Crippen molar-refractivity contribution in [3.8, 4) is 0 Å². The van der Waals surface area contributed by atoms with Crippen molar-refractivity contribution < 1.29 is 9.53 Å². The van der Waals surface area contributed by atoms with E-state index in [0.717, 1.165) is 25.8 Å². The Morgan fingerprint density at radius 2 is 2.06 bits per heavy atom. The first-order chi connectivity index (χ1) is 8.40. The van der Waals surface area contributed by atoms with Crippen LogP contribution in [0.2, 0.25) is 0 Å². The molecule has 0 bridgehead atoms. The number of methoxy groups -OCH3 is 1. The van der Waals surface area contributed by atoms with Crippen molar-refractivity contribution in [2.24, 2.45) is 5.41 Å². The molecule has 0 aromatic heterocycles. The molecule has 1 amide bonds. The topological polar surface area (TPSA) is 50.4 Å². The Morgan fingerprint density at radius 3 is 2.56 bits per heavy atom. The highest BCUT2D eigenvalue weighted by molar-refractivity contribution is 5.82. The van der Waals surface area contributed by atoms with E-state index >= 15 is 0 Å². The molecule has 18 heavy (non-hydrogen) atoms. The fourth-order valence-electron chi connectivity index (χ4n) is 3.07. The van der Waals surface area contributed by atoms with E-state index in [0.29, 0.717) is 0 Å². The predicted octanol–water partition coefficient (Wildman–Crippen LogP) is 1.45. The first-order valence-electron chi connectivity index (χ1n) is 6.99. The van der Waals surface area contributed by atoms with Gasteiger partial charge in [0.05, 0.1) is 11.6 Å². The molecule has 4 heteroatoms. The number of carbonyl (C=O) groups is 1. The second-order valence-corrected chi connectivity index (χ2v) is 6.42. The highest BCUT2D eigenvalue weighted by Gasteiger charge is 2.58. The van der Waals surface area contributed by atoms with Crippen LogP contribution in [0.1, 0.15) is 46.5 Å². The van der Waals surface area contributed by atoms with E-state index in [9.17, 15) is 4.79 Å². The molecule has 3 atom stereocenters. The SMILES string of the molecule is CO[C@@]1(C)C[C@@H](NC(=O)[C@@H]2CCCCN2)C1(C)C. The second kappa shape index (κ2) is 4.82. The van der Waals surface area contributed by atoms with Gasteiger partial charge in [-0.3, -0.25) is 4.79 Å². The predicted molar refractivity (Wildman–Crippen MR) is 71.4 cm³/mol. The number of carbonyl (C=O) groups excluding carboxylic acids is 1. The van der Waals surface area contributed by atoms with Gasteiger partial charge < -0.3 is 15.4 Å². The number of hydrogen-bond acceptors (Lipinski definition) is 3. The minimum absolute atomic E-state index is 0.00366. The lowest BCUT2D eigenvalue weighted by Gasteiger charge is -2.59. The lowest BCUT2D eigenvalue weighted by atomic mass is 9.55. The van der Waals surface area contributed by atoms with Crippen molar-refractivity contribution >= 4 is 5.91 Å². The maximum Gasteiger partial charge on any atom is 0.237 e. The Labute approximate surface area is 110 Å². The standard InChI is InChI=1S/C14H26N2O2/c1-13(2)11(9-14(13,3)18-4)16-12(17)10-7-5-6-8-15-10/h10-11,15H,5-9H2,1-4H3,(H,16,17)/t10-,11+,14-/m0/s1. The molecule has 0 aromatic rings. The molecule has 2 fully saturated rings. The number of ether oxygens (including phenoxy) is 1. The molecule has 0 spiro atoms. The van der Waals surface area contributed by atoms with Gasteiger partial charge in [0, 0.05) is 18.6 Å². The molecule has 2 aliphatic rings. The third kappa shape index (κ3) is 2.16. The smallest absolute Gasteiger partial charge is 0.237 e. The summed E-state index contributed by atoms with van der Waals surface area (Å²) < 4.78 is 5.58. The molecule has 1 aliphatic heterocycles. The maximum atomic E-state index is 12.2. The molecule has 0 aromatic carbocycles. The van der Waals surface area contributed by atoms with E-state index in [1.165, 1.54) is 6.42 Å². The van der Waals surface area contributed by atoms with Crippen molar-refractivity contribution in [1.29, 1.82) is 0 Å². The third-order valence-corrected chi connectivity index (χ3v) is 5.22. The van der Waals surface area contributed by atoms with Gasteiger partial charge in [-0.2, -0.15) is 0 Å². The summed E-state index contributed by atoms with van der Waals surface area (Å²) in [5, 5.41) is 6.48. The fraction of sp³-hybridized carbons (Fsp3) is 0.929. The first-order valence-corrected chi connectivity index (χ1v) is 6.99. The van der Waals surface area contributed by atoms with Gasteiger partial charge in [-0.1, -0.05) is 20.3 Å². The van der Waals surface area contributed by atoms with E-state index in [-0.39, 0.29) is 29.0 Å². The van der Waals surface area contributed by atoms with Crippen LogP contribution in [-0.2, 0) is 9.53 Å². The van der Waals surface area contributed by atoms with Crippen LogP contribution in [-0.4, -0.2) is 37.2 Å². The zero-order valence-corrected chi connectivity index (χ0v) is 12.0. The summed E-state index contributed by atoms with van der Waals surface area (Å²) in [4.78, 5) is 12.2. The van der Waals surface area contributed by atoms with Crippen LogP contribution in [0.15, 0.2) is 0 Å². The van der Waals surface area contributed by atoms with Crippen molar-refractivity contribution in [1.82, 2.24) is 10.6 Å². The van der Waals surface area contributed by atoms with Gasteiger partial charge in [0.25, 0.3) is 0 Å². The zero-order chi connectivity index (χ0) is 13.4. The highest BCUT2D eigenvalue weighted by Crippen LogP contribution is 2.51. The quantitative estimate of drug-likeness (QED) is 0.801. The number of piperidine rings is 1. The van der Waals surface area contributed by atoms with Crippen LogP contribution in [0.25, 0.3) is 0 Å². The number of rotatable bonds is 3. The summed E-state index contributed by atoms with van der Waals surface area (Å²) in [6.45, 7) is 7.41. The molecule has 2 N–H and O–H groups in total. The molecule has 104 valence electrons. The molecule has 1 aliphatic carbocycles. The average molecular weight is 254 g/mol. The highest BCUT2D eigenvalue weighted by atomic mass is 16.5. The van der Waals surface area contributed by atoms with Crippen molar-refractivity contribution in [2.75, 3.05) is 13.7 Å². The van der Waals surface area contributed by atoms with Gasteiger partial charge in [0.15, 0.2) is 0 Å². The second-order valence-electron chi connectivity index (χ2n) is 6.42. The van der Waals surface area contributed by atoms with Crippen LogP contribution in [0.4, 0.5) is 0 Å². The first kappa shape index (κ1) is 13.8. The number of nitrogens with one attached hydrogen (secondary N) is 2. The Hall–Kier alpha value is -0.610. The third-order valence-electron chi connectivity index (χ3n) is 5.22. The van der Waals surface area contributed by atoms with E-state index in [4.69, 9.17) is 4.74 Å². The molecule has 1 saturated carbocycles. The average Bonchev–Trinajstić information content (AvgIpc) is 2.38. The molecule has 1 saturated heterocycles. The van der Waals surface area contributed by atoms with Gasteiger partial charge in [-0.05, 0) is 32.7 Å². The lowest BCUT2D eigenvalue weighted by molar-refractivity contribution is -0.183. The van der Waals surface area contributed by atoms with Gasteiger partial charge in [0.2, 0.25) is 5.91 Å². The Morgan fingerprint density at radius 1 is 1.33 bits per heavy atom. The summed E-state index contributed by atoms with van der Waals surface area (Å²) in [6, 6.07) is 0.225. The minimum atomic E-state index is -0.120. The van der Waals surface area contributed by atoms with Gasteiger partial charge >= 0.3 is 0 Å². The van der Waals surface area contributed by atoms with Crippen LogP contribution in [0, 0.1) is 5.41 Å². The molecule has 0 radical (unpaired) electrons. The van der Waals surface area contributed by atoms with E-state index in [2.05, 4.69) is 31.4 Å².